The third-order valence-corrected chi connectivity index (χ3v) is 7.57. The highest BCUT2D eigenvalue weighted by atomic mass is 32.2. The Balaban J connectivity index is 1.69. The molecule has 1 fully saturated rings. The molecule has 0 atom stereocenters. The molecule has 0 unspecified atom stereocenters. The summed E-state index contributed by atoms with van der Waals surface area (Å²) in [7, 11) is -1.80. The van der Waals surface area contributed by atoms with Gasteiger partial charge in [0.1, 0.15) is 5.84 Å². The molecule has 0 bridgehead atoms. The Morgan fingerprint density at radius 3 is 2.54 bits per heavy atom. The Morgan fingerprint density at radius 1 is 1.25 bits per heavy atom. The zero-order valence-electron chi connectivity index (χ0n) is 17.1. The number of benzene rings is 1. The van der Waals surface area contributed by atoms with Crippen molar-refractivity contribution in [2.45, 2.75) is 43.0 Å². The lowest BCUT2D eigenvalue weighted by Crippen LogP contribution is -2.64. The molecule has 0 radical (unpaired) electrons. The van der Waals surface area contributed by atoms with Gasteiger partial charge in [0.25, 0.3) is 0 Å². The van der Waals surface area contributed by atoms with Gasteiger partial charge in [0.15, 0.2) is 0 Å². The molecule has 1 aromatic carbocycles. The van der Waals surface area contributed by atoms with Crippen molar-refractivity contribution in [1.82, 2.24) is 14.9 Å². The van der Waals surface area contributed by atoms with Crippen LogP contribution in [0.3, 0.4) is 0 Å². The maximum atomic E-state index is 13.1. The van der Waals surface area contributed by atoms with Crippen LogP contribution >= 0.6 is 0 Å². The summed E-state index contributed by atoms with van der Waals surface area (Å²) in [4.78, 5) is 5.04. The van der Waals surface area contributed by atoms with Gasteiger partial charge < -0.3 is 15.4 Å². The Bertz CT molecular complexity index is 782. The smallest absolute Gasteiger partial charge is 0.243 e. The molecule has 156 valence electrons. The topological polar surface area (TPSA) is 83.0 Å². The lowest BCUT2D eigenvalue weighted by atomic mass is 9.85. The monoisotopic (exact) mass is 408 g/mol. The number of methoxy groups -OCH3 is 1. The van der Waals surface area contributed by atoms with E-state index < -0.39 is 10.0 Å². The van der Waals surface area contributed by atoms with E-state index in [1.807, 2.05) is 12.1 Å². The number of amidine groups is 1. The molecule has 0 aliphatic carbocycles. The second-order valence-corrected chi connectivity index (χ2v) is 9.72. The van der Waals surface area contributed by atoms with Crippen LogP contribution in [-0.4, -0.2) is 70.5 Å². The lowest BCUT2D eigenvalue weighted by Gasteiger charge is -2.44. The average molecular weight is 409 g/mol. The maximum Gasteiger partial charge on any atom is 0.243 e. The van der Waals surface area contributed by atoms with E-state index in [4.69, 9.17) is 4.74 Å². The Morgan fingerprint density at radius 2 is 1.93 bits per heavy atom. The van der Waals surface area contributed by atoms with Crippen molar-refractivity contribution in [1.29, 1.82) is 0 Å². The predicted octanol–water partition coefficient (Wildman–Crippen LogP) is 1.57. The Kier molecular flexibility index (Phi) is 6.75. The summed E-state index contributed by atoms with van der Waals surface area (Å²) in [6, 6.07) is 7.28. The molecule has 1 spiro atoms. The molecule has 2 N–H and O–H groups in total. The van der Waals surface area contributed by atoms with Crippen LogP contribution in [0, 0.1) is 0 Å². The molecule has 2 heterocycles. The fourth-order valence-electron chi connectivity index (χ4n) is 3.89. The van der Waals surface area contributed by atoms with Crippen LogP contribution < -0.4 is 10.6 Å². The highest BCUT2D eigenvalue weighted by molar-refractivity contribution is 7.89. The number of ether oxygens (including phenoxy) is 1. The van der Waals surface area contributed by atoms with Gasteiger partial charge in [0.2, 0.25) is 10.0 Å². The molecule has 28 heavy (non-hydrogen) atoms. The third kappa shape index (κ3) is 4.40. The van der Waals surface area contributed by atoms with E-state index in [-0.39, 0.29) is 5.54 Å². The first kappa shape index (κ1) is 21.2. The number of nitrogens with zero attached hydrogens (tertiary/aromatic N) is 2. The van der Waals surface area contributed by atoms with Crippen molar-refractivity contribution < 1.29 is 13.2 Å². The third-order valence-electron chi connectivity index (χ3n) is 5.66. The summed E-state index contributed by atoms with van der Waals surface area (Å²) in [5, 5.41) is 6.97. The maximum absolute atomic E-state index is 13.1. The van der Waals surface area contributed by atoms with E-state index in [1.165, 1.54) is 0 Å². The van der Waals surface area contributed by atoms with Gasteiger partial charge in [-0.3, -0.25) is 4.99 Å². The standard InChI is InChI=1S/C20H32N4O3S/c1-16(2)17-4-6-18(7-5-17)28(25,26)24-13-8-20(9-14-24)19(21-10-11-23-20)22-12-15-27-3/h4-7,16,23H,8-15H2,1-3H3,(H,21,22). The van der Waals surface area contributed by atoms with Gasteiger partial charge in [-0.2, -0.15) is 4.31 Å². The van der Waals surface area contributed by atoms with E-state index >= 15 is 0 Å². The molecule has 8 heteroatoms. The molecule has 1 aromatic rings. The first-order valence-corrected chi connectivity index (χ1v) is 11.5. The molecule has 2 aliphatic rings. The largest absolute Gasteiger partial charge is 0.383 e. The second kappa shape index (κ2) is 8.90. The Hall–Kier alpha value is -1.48. The van der Waals surface area contributed by atoms with Crippen molar-refractivity contribution in [3.05, 3.63) is 29.8 Å². The summed E-state index contributed by atoms with van der Waals surface area (Å²) in [5.74, 6) is 1.32. The molecular formula is C20H32N4O3S. The van der Waals surface area contributed by atoms with E-state index in [0.717, 1.165) is 24.5 Å². The minimum Gasteiger partial charge on any atom is -0.383 e. The van der Waals surface area contributed by atoms with Crippen LogP contribution in [0.15, 0.2) is 34.2 Å². The molecule has 7 nitrogen and oxygen atoms in total. The number of hydrogen-bond acceptors (Lipinski definition) is 6. The number of sulfonamides is 1. The highest BCUT2D eigenvalue weighted by Crippen LogP contribution is 2.29. The van der Waals surface area contributed by atoms with Crippen LogP contribution in [0.5, 0.6) is 0 Å². The summed E-state index contributed by atoms with van der Waals surface area (Å²) < 4.78 is 32.9. The van der Waals surface area contributed by atoms with Crippen LogP contribution in [0.1, 0.15) is 38.2 Å². The molecule has 0 amide bonds. The fourth-order valence-corrected chi connectivity index (χ4v) is 5.33. The molecule has 0 saturated carbocycles. The van der Waals surface area contributed by atoms with Crippen molar-refractivity contribution in [2.24, 2.45) is 4.99 Å². The van der Waals surface area contributed by atoms with E-state index in [2.05, 4.69) is 29.5 Å². The van der Waals surface area contributed by atoms with Gasteiger partial charge in [-0.05, 0) is 36.5 Å². The van der Waals surface area contributed by atoms with Crippen LogP contribution in [-0.2, 0) is 14.8 Å². The Labute approximate surface area is 168 Å². The summed E-state index contributed by atoms with van der Waals surface area (Å²) in [6.45, 7) is 8.03. The van der Waals surface area contributed by atoms with Crippen LogP contribution in [0.4, 0.5) is 0 Å². The number of rotatable bonds is 6. The van der Waals surface area contributed by atoms with Crippen LogP contribution in [0.2, 0.25) is 0 Å². The first-order chi connectivity index (χ1) is 13.4. The van der Waals surface area contributed by atoms with Crippen molar-refractivity contribution in [3.63, 3.8) is 0 Å². The van der Waals surface area contributed by atoms with Crippen molar-refractivity contribution >= 4 is 15.9 Å². The summed E-state index contributed by atoms with van der Waals surface area (Å²) in [5.41, 5.74) is 0.880. The van der Waals surface area contributed by atoms with E-state index in [1.54, 1.807) is 23.5 Å². The zero-order chi connectivity index (χ0) is 20.2. The van der Waals surface area contributed by atoms with Gasteiger partial charge in [0, 0.05) is 33.3 Å². The van der Waals surface area contributed by atoms with Crippen molar-refractivity contribution in [3.8, 4) is 0 Å². The first-order valence-electron chi connectivity index (χ1n) is 10.0. The molecule has 0 aromatic heterocycles. The van der Waals surface area contributed by atoms with E-state index in [0.29, 0.717) is 49.9 Å². The van der Waals surface area contributed by atoms with Gasteiger partial charge in [-0.25, -0.2) is 8.42 Å². The second-order valence-electron chi connectivity index (χ2n) is 7.79. The lowest BCUT2D eigenvalue weighted by molar-refractivity contribution is 0.200. The predicted molar refractivity (Wildman–Crippen MR) is 111 cm³/mol. The van der Waals surface area contributed by atoms with Gasteiger partial charge >= 0.3 is 0 Å². The summed E-state index contributed by atoms with van der Waals surface area (Å²) in [6.07, 6.45) is 1.41. The number of aliphatic imine (C=N–C) groups is 1. The van der Waals surface area contributed by atoms with E-state index in [9.17, 15) is 8.42 Å². The fraction of sp³-hybridized carbons (Fsp3) is 0.650. The van der Waals surface area contributed by atoms with Gasteiger partial charge in [-0.15, -0.1) is 0 Å². The number of hydrogen-bond donors (Lipinski definition) is 2. The molecule has 1 saturated heterocycles. The van der Waals surface area contributed by atoms with Gasteiger partial charge in [0.05, 0.1) is 23.6 Å². The zero-order valence-corrected chi connectivity index (χ0v) is 17.9. The van der Waals surface area contributed by atoms with Crippen LogP contribution in [0.25, 0.3) is 0 Å². The average Bonchev–Trinajstić information content (AvgIpc) is 2.70. The highest BCUT2D eigenvalue weighted by Gasteiger charge is 2.43. The summed E-state index contributed by atoms with van der Waals surface area (Å²) >= 11 is 0. The van der Waals surface area contributed by atoms with Crippen molar-refractivity contribution in [2.75, 3.05) is 46.4 Å². The quantitative estimate of drug-likeness (QED) is 0.698. The minimum atomic E-state index is -3.47. The number of nitrogens with one attached hydrogen (secondary N) is 2. The SMILES string of the molecule is COCCNC1=NCCNC12CCN(S(=O)(=O)c1ccc(C(C)C)cc1)CC2. The number of piperidine rings is 1. The van der Waals surface area contributed by atoms with Gasteiger partial charge in [-0.1, -0.05) is 26.0 Å². The normalized spacial score (nSPS) is 20.4. The molecular weight excluding hydrogens is 376 g/mol. The minimum absolute atomic E-state index is 0.264. The molecule has 2 aliphatic heterocycles. The molecule has 3 rings (SSSR count).